The van der Waals surface area contributed by atoms with Crippen molar-refractivity contribution in [1.29, 1.82) is 0 Å². The highest BCUT2D eigenvalue weighted by molar-refractivity contribution is 5.78. The number of aromatic nitrogens is 5. The number of carbonyl (C=O) groups is 2. The van der Waals surface area contributed by atoms with E-state index in [0.717, 1.165) is 0 Å². The monoisotopic (exact) mass is 588 g/mol. The van der Waals surface area contributed by atoms with Crippen molar-refractivity contribution in [3.05, 3.63) is 53.3 Å². The van der Waals surface area contributed by atoms with Gasteiger partial charge in [-0.3, -0.25) is 4.90 Å². The molecule has 226 valence electrons. The maximum absolute atomic E-state index is 12.9. The van der Waals surface area contributed by atoms with E-state index in [2.05, 4.69) is 31.1 Å². The minimum Gasteiger partial charge on any atom is -0.470 e. The SMILES string of the molecule is Cc1nnn(-c2ccc(C(F)F)cc2)c1COc1ccc(OC(=O)[C@@H]2CNCCN2CCNC(=O)OC(C)(C)C)nn1. The Morgan fingerprint density at radius 3 is 2.48 bits per heavy atom. The molecule has 3 aromatic rings. The average Bonchev–Trinajstić information content (AvgIpc) is 3.32. The highest BCUT2D eigenvalue weighted by Crippen LogP contribution is 2.22. The van der Waals surface area contributed by atoms with Crippen molar-refractivity contribution in [1.82, 2.24) is 40.7 Å². The summed E-state index contributed by atoms with van der Waals surface area (Å²) in [5, 5.41) is 21.9. The number of benzene rings is 1. The Morgan fingerprint density at radius 2 is 1.81 bits per heavy atom. The first-order valence-electron chi connectivity index (χ1n) is 13.4. The third kappa shape index (κ3) is 8.39. The number of aryl methyl sites for hydroxylation is 1. The van der Waals surface area contributed by atoms with Crippen molar-refractivity contribution < 1.29 is 32.6 Å². The number of halogens is 2. The first-order chi connectivity index (χ1) is 20.0. The maximum atomic E-state index is 12.9. The summed E-state index contributed by atoms with van der Waals surface area (Å²) in [7, 11) is 0. The molecular weight excluding hydrogens is 554 g/mol. The summed E-state index contributed by atoms with van der Waals surface area (Å²) in [5.74, 6) is -0.332. The number of nitrogens with zero attached hydrogens (tertiary/aromatic N) is 6. The van der Waals surface area contributed by atoms with Crippen LogP contribution in [0.4, 0.5) is 13.6 Å². The first-order valence-corrected chi connectivity index (χ1v) is 13.4. The molecular formula is C27H34F2N8O5. The summed E-state index contributed by atoms with van der Waals surface area (Å²) >= 11 is 0. The third-order valence-electron chi connectivity index (χ3n) is 6.22. The molecule has 1 amide bonds. The second-order valence-corrected chi connectivity index (χ2v) is 10.5. The molecule has 4 rings (SSSR count). The Kier molecular flexibility index (Phi) is 9.96. The smallest absolute Gasteiger partial charge is 0.407 e. The molecule has 1 aromatic carbocycles. The van der Waals surface area contributed by atoms with Crippen LogP contribution in [0.15, 0.2) is 36.4 Å². The molecule has 0 unspecified atom stereocenters. The van der Waals surface area contributed by atoms with E-state index in [1.54, 1.807) is 27.7 Å². The van der Waals surface area contributed by atoms with Crippen LogP contribution in [-0.2, 0) is 16.1 Å². The largest absolute Gasteiger partial charge is 0.470 e. The topological polar surface area (TPSA) is 146 Å². The fraction of sp³-hybridized carbons (Fsp3) is 0.481. The Balaban J connectivity index is 1.30. The second kappa shape index (κ2) is 13.6. The molecule has 1 fully saturated rings. The van der Waals surface area contributed by atoms with Crippen LogP contribution >= 0.6 is 0 Å². The Labute approximate surface area is 241 Å². The summed E-state index contributed by atoms with van der Waals surface area (Å²) in [6.07, 6.45) is -3.08. The summed E-state index contributed by atoms with van der Waals surface area (Å²) in [6.45, 7) is 9.54. The van der Waals surface area contributed by atoms with Crippen molar-refractivity contribution >= 4 is 12.1 Å². The first kappa shape index (κ1) is 30.7. The molecule has 1 aliphatic heterocycles. The van der Waals surface area contributed by atoms with Gasteiger partial charge in [0.2, 0.25) is 11.8 Å². The molecule has 42 heavy (non-hydrogen) atoms. The predicted octanol–water partition coefficient (Wildman–Crippen LogP) is 2.59. The highest BCUT2D eigenvalue weighted by atomic mass is 19.3. The van der Waals surface area contributed by atoms with Gasteiger partial charge >= 0.3 is 12.1 Å². The number of hydrogen-bond donors (Lipinski definition) is 2. The number of rotatable bonds is 10. The van der Waals surface area contributed by atoms with Crippen LogP contribution in [0, 0.1) is 6.92 Å². The van der Waals surface area contributed by atoms with Crippen LogP contribution in [0.5, 0.6) is 11.8 Å². The normalized spacial score (nSPS) is 15.8. The van der Waals surface area contributed by atoms with Gasteiger partial charge in [-0.1, -0.05) is 17.3 Å². The molecule has 1 aliphatic rings. The fourth-order valence-electron chi connectivity index (χ4n) is 4.13. The number of alkyl halides is 2. The van der Waals surface area contributed by atoms with Crippen molar-refractivity contribution in [3.63, 3.8) is 0 Å². The third-order valence-corrected chi connectivity index (χ3v) is 6.22. The molecule has 0 spiro atoms. The van der Waals surface area contributed by atoms with Gasteiger partial charge in [0.1, 0.15) is 23.9 Å². The lowest BCUT2D eigenvalue weighted by Gasteiger charge is -2.34. The number of esters is 1. The fourth-order valence-corrected chi connectivity index (χ4v) is 4.13. The predicted molar refractivity (Wildman–Crippen MR) is 146 cm³/mol. The number of nitrogens with one attached hydrogen (secondary N) is 2. The summed E-state index contributed by atoms with van der Waals surface area (Å²) in [6, 6.07) is 8.12. The number of alkyl carbamates (subject to hydrolysis) is 1. The van der Waals surface area contributed by atoms with Crippen LogP contribution in [0.2, 0.25) is 0 Å². The standard InChI is InChI=1S/C27H34F2N8O5/c1-17-21(37(35-32-17)19-7-5-18(6-8-19)24(28)29)16-40-22-9-10-23(34-33-22)41-25(38)20-15-30-11-13-36(20)14-12-31-26(39)42-27(2,3)4/h5-10,20,24,30H,11-16H2,1-4H3,(H,31,39)/t20-/m0/s1. The summed E-state index contributed by atoms with van der Waals surface area (Å²) < 4.78 is 43.7. The van der Waals surface area contributed by atoms with Gasteiger partial charge in [-0.05, 0) is 39.8 Å². The highest BCUT2D eigenvalue weighted by Gasteiger charge is 2.30. The van der Waals surface area contributed by atoms with E-state index < -0.39 is 30.1 Å². The maximum Gasteiger partial charge on any atom is 0.407 e. The molecule has 3 heterocycles. The lowest BCUT2D eigenvalue weighted by molar-refractivity contribution is -0.141. The number of piperazine rings is 1. The lowest BCUT2D eigenvalue weighted by atomic mass is 10.2. The van der Waals surface area contributed by atoms with Crippen LogP contribution < -0.4 is 20.1 Å². The molecule has 2 N–H and O–H groups in total. The van der Waals surface area contributed by atoms with Gasteiger partial charge in [0.25, 0.3) is 6.43 Å². The van der Waals surface area contributed by atoms with E-state index in [9.17, 15) is 18.4 Å². The summed E-state index contributed by atoms with van der Waals surface area (Å²) in [5.41, 5.74) is 1.06. The minimum absolute atomic E-state index is 0.00626. The van der Waals surface area contributed by atoms with Crippen LogP contribution in [0.3, 0.4) is 0 Å². The number of carbonyl (C=O) groups excluding carboxylic acids is 2. The zero-order chi connectivity index (χ0) is 30.3. The van der Waals surface area contributed by atoms with Crippen LogP contribution in [0.1, 0.15) is 44.1 Å². The molecule has 13 nitrogen and oxygen atoms in total. The van der Waals surface area contributed by atoms with E-state index >= 15 is 0 Å². The molecule has 2 aromatic heterocycles. The van der Waals surface area contributed by atoms with E-state index in [0.29, 0.717) is 49.8 Å². The van der Waals surface area contributed by atoms with E-state index in [4.69, 9.17) is 14.2 Å². The summed E-state index contributed by atoms with van der Waals surface area (Å²) in [4.78, 5) is 26.8. The number of hydrogen-bond acceptors (Lipinski definition) is 11. The Hall–Kier alpha value is -4.24. The van der Waals surface area contributed by atoms with Crippen molar-refractivity contribution in [3.8, 4) is 17.4 Å². The molecule has 15 heteroatoms. The zero-order valence-corrected chi connectivity index (χ0v) is 23.8. The van der Waals surface area contributed by atoms with E-state index in [-0.39, 0.29) is 23.9 Å². The Bertz CT molecular complexity index is 1350. The molecule has 0 aliphatic carbocycles. The van der Waals surface area contributed by atoms with Gasteiger partial charge in [-0.2, -0.15) is 0 Å². The van der Waals surface area contributed by atoms with Crippen LogP contribution in [-0.4, -0.2) is 86.5 Å². The van der Waals surface area contributed by atoms with Gasteiger partial charge in [0.05, 0.1) is 11.4 Å². The molecule has 0 radical (unpaired) electrons. The second-order valence-electron chi connectivity index (χ2n) is 10.5. The van der Waals surface area contributed by atoms with Crippen molar-refractivity contribution in [2.45, 2.75) is 52.4 Å². The quantitative estimate of drug-likeness (QED) is 0.337. The van der Waals surface area contributed by atoms with Crippen molar-refractivity contribution in [2.75, 3.05) is 32.7 Å². The average molecular weight is 589 g/mol. The molecule has 0 saturated carbocycles. The molecule has 0 bridgehead atoms. The van der Waals surface area contributed by atoms with E-state index in [1.165, 1.54) is 41.1 Å². The number of ether oxygens (including phenoxy) is 3. The Morgan fingerprint density at radius 1 is 1.10 bits per heavy atom. The number of amides is 1. The molecule has 1 atom stereocenters. The molecule has 1 saturated heterocycles. The van der Waals surface area contributed by atoms with Crippen LogP contribution in [0.25, 0.3) is 5.69 Å². The van der Waals surface area contributed by atoms with Gasteiger partial charge in [0.15, 0.2) is 0 Å². The van der Waals surface area contributed by atoms with Gasteiger partial charge in [0, 0.05) is 50.4 Å². The minimum atomic E-state index is -2.56. The van der Waals surface area contributed by atoms with Gasteiger partial charge in [-0.25, -0.2) is 23.1 Å². The van der Waals surface area contributed by atoms with Gasteiger partial charge in [-0.15, -0.1) is 15.3 Å². The van der Waals surface area contributed by atoms with E-state index in [1.807, 2.05) is 4.90 Å². The van der Waals surface area contributed by atoms with Crippen molar-refractivity contribution in [2.24, 2.45) is 0 Å². The van der Waals surface area contributed by atoms with Gasteiger partial charge < -0.3 is 24.8 Å². The lowest BCUT2D eigenvalue weighted by Crippen LogP contribution is -2.57. The zero-order valence-electron chi connectivity index (χ0n) is 23.8.